The molecular weight excluding hydrogens is 492 g/mol. The van der Waals surface area contributed by atoms with Crippen LogP contribution < -0.4 is 10.1 Å². The average molecular weight is 527 g/mol. The van der Waals surface area contributed by atoms with E-state index < -0.39 is 5.97 Å². The molecule has 39 heavy (non-hydrogen) atoms. The molecule has 0 fully saturated rings. The number of H-pyrrole nitrogens is 1. The van der Waals surface area contributed by atoms with Crippen LogP contribution in [0.25, 0.3) is 0 Å². The number of likely N-dealkylation sites (N-methyl/N-ethyl adjacent to an activating group) is 1. The van der Waals surface area contributed by atoms with Crippen molar-refractivity contribution >= 4 is 17.6 Å². The fraction of sp³-hybridized carbons (Fsp3) is 0.226. The molecule has 0 aliphatic carbocycles. The maximum absolute atomic E-state index is 12.6. The molecule has 1 amide bonds. The Labute approximate surface area is 228 Å². The first-order valence-corrected chi connectivity index (χ1v) is 12.9. The zero-order valence-corrected chi connectivity index (χ0v) is 22.0. The fourth-order valence-corrected chi connectivity index (χ4v) is 4.25. The summed E-state index contributed by atoms with van der Waals surface area (Å²) in [4.78, 5) is 31.3. The number of hydrogen-bond acceptors (Lipinski definition) is 5. The average Bonchev–Trinajstić information content (AvgIpc) is 3.44. The van der Waals surface area contributed by atoms with Crippen LogP contribution in [-0.2, 0) is 17.9 Å². The monoisotopic (exact) mass is 526 g/mol. The summed E-state index contributed by atoms with van der Waals surface area (Å²) in [5.74, 6) is 0.471. The number of nitrogens with zero attached hydrogens (tertiary/aromatic N) is 2. The minimum atomic E-state index is -0.925. The Morgan fingerprint density at radius 3 is 2.23 bits per heavy atom. The van der Waals surface area contributed by atoms with Gasteiger partial charge in [-0.1, -0.05) is 30.3 Å². The summed E-state index contributed by atoms with van der Waals surface area (Å²) in [6, 6.07) is 27.9. The van der Waals surface area contributed by atoms with Crippen LogP contribution >= 0.6 is 0 Å². The number of anilines is 1. The predicted molar refractivity (Wildman–Crippen MR) is 152 cm³/mol. The number of carbonyl (C=O) groups is 2. The molecule has 4 rings (SSSR count). The molecule has 0 spiro atoms. The molecule has 4 aromatic rings. The van der Waals surface area contributed by atoms with Crippen LogP contribution in [0.4, 0.5) is 5.69 Å². The Bertz CT molecular complexity index is 1310. The number of aromatic nitrogens is 1. The maximum Gasteiger partial charge on any atom is 0.335 e. The highest BCUT2D eigenvalue weighted by molar-refractivity contribution is 5.92. The minimum absolute atomic E-state index is 0.0732. The van der Waals surface area contributed by atoms with Gasteiger partial charge in [-0.15, -0.1) is 0 Å². The number of aromatic amines is 1. The van der Waals surface area contributed by atoms with Crippen LogP contribution in [0.3, 0.4) is 0 Å². The lowest BCUT2D eigenvalue weighted by Gasteiger charge is -2.24. The molecule has 0 saturated carbocycles. The molecular formula is C31H34N4O4. The number of benzene rings is 3. The second kappa shape index (κ2) is 13.9. The molecule has 1 heterocycles. The first kappa shape index (κ1) is 27.6. The molecule has 0 aliphatic heterocycles. The summed E-state index contributed by atoms with van der Waals surface area (Å²) in [5.41, 5.74) is 3.18. The van der Waals surface area contributed by atoms with E-state index in [9.17, 15) is 9.59 Å². The summed E-state index contributed by atoms with van der Waals surface area (Å²) >= 11 is 0. The molecule has 0 radical (unpaired) electrons. The largest absolute Gasteiger partial charge is 0.478 e. The number of carboxylic acid groups (broad SMARTS) is 1. The quantitative estimate of drug-likeness (QED) is 0.202. The summed E-state index contributed by atoms with van der Waals surface area (Å²) in [6.45, 7) is 3.33. The smallest absolute Gasteiger partial charge is 0.335 e. The van der Waals surface area contributed by atoms with Gasteiger partial charge in [0.15, 0.2) is 0 Å². The Hall–Kier alpha value is -4.40. The zero-order valence-electron chi connectivity index (χ0n) is 22.0. The van der Waals surface area contributed by atoms with Crippen LogP contribution in [0, 0.1) is 0 Å². The van der Waals surface area contributed by atoms with Crippen molar-refractivity contribution in [1.29, 1.82) is 0 Å². The number of hydrogen-bond donors (Lipinski definition) is 3. The summed E-state index contributed by atoms with van der Waals surface area (Å²) in [5, 5.41) is 12.1. The van der Waals surface area contributed by atoms with E-state index in [-0.39, 0.29) is 18.0 Å². The number of amides is 1. The van der Waals surface area contributed by atoms with Gasteiger partial charge in [0, 0.05) is 37.2 Å². The second-order valence-electron chi connectivity index (χ2n) is 9.49. The highest BCUT2D eigenvalue weighted by Crippen LogP contribution is 2.22. The van der Waals surface area contributed by atoms with Crippen molar-refractivity contribution in [2.75, 3.05) is 32.0 Å². The van der Waals surface area contributed by atoms with Gasteiger partial charge >= 0.3 is 5.97 Å². The predicted octanol–water partition coefficient (Wildman–Crippen LogP) is 5.47. The Balaban J connectivity index is 1.22. The van der Waals surface area contributed by atoms with Gasteiger partial charge in [0.2, 0.25) is 5.91 Å². The van der Waals surface area contributed by atoms with Crippen LogP contribution in [-0.4, -0.2) is 58.4 Å². The van der Waals surface area contributed by atoms with E-state index in [1.807, 2.05) is 90.9 Å². The van der Waals surface area contributed by atoms with Gasteiger partial charge in [0.1, 0.15) is 11.5 Å². The molecule has 8 nitrogen and oxygen atoms in total. The molecule has 0 saturated heterocycles. The first-order valence-electron chi connectivity index (χ1n) is 12.9. The van der Waals surface area contributed by atoms with Gasteiger partial charge < -0.3 is 20.1 Å². The van der Waals surface area contributed by atoms with Crippen LogP contribution in [0.1, 0.15) is 28.0 Å². The van der Waals surface area contributed by atoms with E-state index in [0.717, 1.165) is 48.7 Å². The Morgan fingerprint density at radius 2 is 1.56 bits per heavy atom. The SMILES string of the molecule is CN(CCCN(Cc1ccc(C(=O)O)cc1)Cc1ccc[nH]1)CC(=O)Nc1ccc(Oc2ccccc2)cc1. The lowest BCUT2D eigenvalue weighted by Crippen LogP contribution is -2.33. The van der Waals surface area contributed by atoms with Gasteiger partial charge in [-0.2, -0.15) is 0 Å². The third-order valence-electron chi connectivity index (χ3n) is 6.21. The van der Waals surface area contributed by atoms with Crippen LogP contribution in [0.2, 0.25) is 0 Å². The number of nitrogens with one attached hydrogen (secondary N) is 2. The maximum atomic E-state index is 12.6. The summed E-state index contributed by atoms with van der Waals surface area (Å²) in [7, 11) is 1.94. The lowest BCUT2D eigenvalue weighted by molar-refractivity contribution is -0.117. The van der Waals surface area contributed by atoms with Crippen LogP contribution in [0.5, 0.6) is 11.5 Å². The Kier molecular flexibility index (Phi) is 9.88. The number of aromatic carboxylic acids is 1. The van der Waals surface area contributed by atoms with Crippen molar-refractivity contribution in [2.45, 2.75) is 19.5 Å². The van der Waals surface area contributed by atoms with Crippen molar-refractivity contribution in [1.82, 2.24) is 14.8 Å². The molecule has 202 valence electrons. The van der Waals surface area contributed by atoms with E-state index >= 15 is 0 Å². The van der Waals surface area contributed by atoms with Crippen molar-refractivity contribution in [2.24, 2.45) is 0 Å². The molecule has 0 unspecified atom stereocenters. The molecule has 0 atom stereocenters. The molecule has 8 heteroatoms. The van der Waals surface area contributed by atoms with E-state index in [0.29, 0.717) is 12.3 Å². The molecule has 1 aromatic heterocycles. The normalized spacial score (nSPS) is 11.1. The molecule has 3 aromatic carbocycles. The molecule has 3 N–H and O–H groups in total. The summed E-state index contributed by atoms with van der Waals surface area (Å²) in [6.07, 6.45) is 2.79. The number of carbonyl (C=O) groups excluding carboxylic acids is 1. The first-order chi connectivity index (χ1) is 18.9. The van der Waals surface area contributed by atoms with E-state index in [2.05, 4.69) is 21.3 Å². The number of rotatable bonds is 14. The van der Waals surface area contributed by atoms with Crippen molar-refractivity contribution in [3.8, 4) is 11.5 Å². The number of para-hydroxylation sites is 1. The zero-order chi connectivity index (χ0) is 27.5. The minimum Gasteiger partial charge on any atom is -0.478 e. The van der Waals surface area contributed by atoms with Crippen molar-refractivity contribution in [3.63, 3.8) is 0 Å². The molecule has 0 aliphatic rings. The van der Waals surface area contributed by atoms with Crippen molar-refractivity contribution < 1.29 is 19.4 Å². The van der Waals surface area contributed by atoms with E-state index in [4.69, 9.17) is 9.84 Å². The third kappa shape index (κ3) is 9.14. The van der Waals surface area contributed by atoms with E-state index in [1.54, 1.807) is 12.1 Å². The van der Waals surface area contributed by atoms with Gasteiger partial charge in [-0.05, 0) is 86.2 Å². The van der Waals surface area contributed by atoms with Gasteiger partial charge in [-0.25, -0.2) is 4.79 Å². The number of carboxylic acids is 1. The highest BCUT2D eigenvalue weighted by atomic mass is 16.5. The topological polar surface area (TPSA) is 97.9 Å². The van der Waals surface area contributed by atoms with Crippen LogP contribution in [0.15, 0.2) is 97.2 Å². The lowest BCUT2D eigenvalue weighted by atomic mass is 10.1. The standard InChI is InChI=1S/C31H34N4O4/c1-34(23-30(36)33-26-14-16-29(17-15-26)39-28-8-3-2-4-9-28)19-6-20-35(22-27-7-5-18-32-27)21-24-10-12-25(13-11-24)31(37)38/h2-5,7-18,32H,6,19-23H2,1H3,(H,33,36)(H,37,38). The van der Waals surface area contributed by atoms with Crippen molar-refractivity contribution in [3.05, 3.63) is 114 Å². The third-order valence-corrected chi connectivity index (χ3v) is 6.21. The summed E-state index contributed by atoms with van der Waals surface area (Å²) < 4.78 is 5.80. The van der Waals surface area contributed by atoms with Gasteiger partial charge in [0.25, 0.3) is 0 Å². The Morgan fingerprint density at radius 1 is 0.846 bits per heavy atom. The highest BCUT2D eigenvalue weighted by Gasteiger charge is 2.12. The second-order valence-corrected chi connectivity index (χ2v) is 9.49. The number of ether oxygens (including phenoxy) is 1. The van der Waals surface area contributed by atoms with Gasteiger partial charge in [-0.3, -0.25) is 14.6 Å². The van der Waals surface area contributed by atoms with E-state index in [1.165, 1.54) is 0 Å². The fourth-order valence-electron chi connectivity index (χ4n) is 4.25. The molecule has 0 bridgehead atoms. The van der Waals surface area contributed by atoms with Gasteiger partial charge in [0.05, 0.1) is 12.1 Å².